The van der Waals surface area contributed by atoms with Gasteiger partial charge >= 0.3 is 6.03 Å². The molecule has 4 nitrogen and oxygen atoms in total. The molecule has 4 heteroatoms. The Bertz CT molecular complexity index is 138. The maximum absolute atomic E-state index is 10.2. The summed E-state index contributed by atoms with van der Waals surface area (Å²) in [5, 5.41) is 8.20. The van der Waals surface area contributed by atoms with Crippen LogP contribution in [0.15, 0.2) is 0 Å². The van der Waals surface area contributed by atoms with Gasteiger partial charge in [-0.05, 0) is 6.42 Å². The number of carbonyl (C=O) groups is 1. The van der Waals surface area contributed by atoms with E-state index in [0.29, 0.717) is 6.54 Å². The van der Waals surface area contributed by atoms with Gasteiger partial charge in [0.25, 0.3) is 0 Å². The van der Waals surface area contributed by atoms with E-state index in [1.54, 1.807) is 6.19 Å². The zero-order chi connectivity index (χ0) is 7.28. The average Bonchev–Trinajstić information content (AvgIpc) is 1.82. The molecule has 0 aromatic rings. The Morgan fingerprint density at radius 1 is 1.89 bits per heavy atom. The quantitative estimate of drug-likeness (QED) is 0.427. The van der Waals surface area contributed by atoms with Crippen LogP contribution in [0.3, 0.4) is 0 Å². The fraction of sp³-hybridized carbons (Fsp3) is 0.600. The number of primary amides is 1. The Hall–Kier alpha value is -1.24. The van der Waals surface area contributed by atoms with Crippen molar-refractivity contribution in [3.8, 4) is 6.19 Å². The molecule has 0 aliphatic heterocycles. The highest BCUT2D eigenvalue weighted by molar-refractivity contribution is 5.73. The summed E-state index contributed by atoms with van der Waals surface area (Å²) in [6.07, 6.45) is 2.41. The fourth-order valence-corrected chi connectivity index (χ4v) is 0.433. The van der Waals surface area contributed by atoms with Crippen LogP contribution in [-0.4, -0.2) is 17.5 Å². The molecule has 0 heterocycles. The standard InChI is InChI=1S/C5H9N3O/c1-2-3-8(4-6)5(7)9/h2-3H2,1H3,(H2,7,9). The van der Waals surface area contributed by atoms with Crippen molar-refractivity contribution < 1.29 is 4.79 Å². The summed E-state index contributed by atoms with van der Waals surface area (Å²) in [5.74, 6) is 0. The van der Waals surface area contributed by atoms with E-state index in [0.717, 1.165) is 11.3 Å². The lowest BCUT2D eigenvalue weighted by atomic mass is 10.4. The van der Waals surface area contributed by atoms with E-state index >= 15 is 0 Å². The maximum Gasteiger partial charge on any atom is 0.327 e. The van der Waals surface area contributed by atoms with Crippen molar-refractivity contribution >= 4 is 6.03 Å². The Labute approximate surface area is 53.9 Å². The maximum atomic E-state index is 10.2. The van der Waals surface area contributed by atoms with Crippen molar-refractivity contribution in [2.24, 2.45) is 5.73 Å². The molecule has 0 saturated carbocycles. The van der Waals surface area contributed by atoms with E-state index < -0.39 is 6.03 Å². The van der Waals surface area contributed by atoms with Gasteiger partial charge in [0, 0.05) is 6.54 Å². The van der Waals surface area contributed by atoms with Crippen LogP contribution >= 0.6 is 0 Å². The normalized spacial score (nSPS) is 8.00. The number of nitrogens with two attached hydrogens (primary N) is 1. The summed E-state index contributed by atoms with van der Waals surface area (Å²) < 4.78 is 0. The minimum absolute atomic E-state index is 0.409. The van der Waals surface area contributed by atoms with Crippen molar-refractivity contribution in [2.45, 2.75) is 13.3 Å². The monoisotopic (exact) mass is 127 g/mol. The Morgan fingerprint density at radius 2 is 2.44 bits per heavy atom. The van der Waals surface area contributed by atoms with Gasteiger partial charge in [-0.25, -0.2) is 9.69 Å². The summed E-state index contributed by atoms with van der Waals surface area (Å²) in [6, 6.07) is -0.681. The highest BCUT2D eigenvalue weighted by Gasteiger charge is 2.04. The molecule has 9 heavy (non-hydrogen) atoms. The highest BCUT2D eigenvalue weighted by Crippen LogP contribution is 1.85. The molecule has 0 aliphatic rings. The first-order valence-corrected chi connectivity index (χ1v) is 2.69. The number of carbonyl (C=O) groups excluding carboxylic acids is 1. The highest BCUT2D eigenvalue weighted by atomic mass is 16.2. The molecule has 0 atom stereocenters. The van der Waals surface area contributed by atoms with Gasteiger partial charge in [-0.2, -0.15) is 5.26 Å². The van der Waals surface area contributed by atoms with E-state index in [9.17, 15) is 4.79 Å². The third-order valence-electron chi connectivity index (χ3n) is 0.834. The zero-order valence-corrected chi connectivity index (χ0v) is 5.29. The first-order chi connectivity index (χ1) is 4.22. The predicted molar refractivity (Wildman–Crippen MR) is 32.2 cm³/mol. The minimum atomic E-state index is -0.681. The number of urea groups is 1. The number of rotatable bonds is 2. The van der Waals surface area contributed by atoms with Crippen LogP contribution in [0.25, 0.3) is 0 Å². The molecular weight excluding hydrogens is 118 g/mol. The summed E-state index contributed by atoms with van der Waals surface area (Å²) in [6.45, 7) is 2.28. The van der Waals surface area contributed by atoms with E-state index in [4.69, 9.17) is 11.0 Å². The average molecular weight is 127 g/mol. The van der Waals surface area contributed by atoms with Crippen LogP contribution in [0, 0.1) is 11.5 Å². The molecule has 0 radical (unpaired) electrons. The first-order valence-electron chi connectivity index (χ1n) is 2.69. The van der Waals surface area contributed by atoms with Crippen LogP contribution in [-0.2, 0) is 0 Å². The van der Waals surface area contributed by atoms with Crippen molar-refractivity contribution in [1.82, 2.24) is 4.90 Å². The van der Waals surface area contributed by atoms with Crippen LogP contribution in [0.5, 0.6) is 0 Å². The second-order valence-corrected chi connectivity index (χ2v) is 1.59. The molecule has 0 fully saturated rings. The smallest absolute Gasteiger partial charge is 0.327 e. The van der Waals surface area contributed by atoms with Crippen molar-refractivity contribution in [3.63, 3.8) is 0 Å². The van der Waals surface area contributed by atoms with Crippen LogP contribution in [0.1, 0.15) is 13.3 Å². The van der Waals surface area contributed by atoms with Gasteiger partial charge in [-0.3, -0.25) is 0 Å². The van der Waals surface area contributed by atoms with Gasteiger partial charge in [0.15, 0.2) is 6.19 Å². The molecule has 0 saturated heterocycles. The fourth-order valence-electron chi connectivity index (χ4n) is 0.433. The van der Waals surface area contributed by atoms with Gasteiger partial charge in [0.2, 0.25) is 0 Å². The summed E-state index contributed by atoms with van der Waals surface area (Å²) in [7, 11) is 0. The molecular formula is C5H9N3O. The minimum Gasteiger partial charge on any atom is -0.351 e. The van der Waals surface area contributed by atoms with Crippen LogP contribution in [0.2, 0.25) is 0 Å². The number of hydrogen-bond donors (Lipinski definition) is 1. The van der Waals surface area contributed by atoms with Gasteiger partial charge in [-0.1, -0.05) is 6.92 Å². The van der Waals surface area contributed by atoms with Gasteiger partial charge < -0.3 is 5.73 Å². The summed E-state index contributed by atoms with van der Waals surface area (Å²) >= 11 is 0. The largest absolute Gasteiger partial charge is 0.351 e. The van der Waals surface area contributed by atoms with Crippen molar-refractivity contribution in [2.75, 3.05) is 6.54 Å². The van der Waals surface area contributed by atoms with E-state index in [1.165, 1.54) is 0 Å². The predicted octanol–water partition coefficient (Wildman–Crippen LogP) is 0.258. The zero-order valence-electron chi connectivity index (χ0n) is 5.29. The lowest BCUT2D eigenvalue weighted by Gasteiger charge is -2.06. The van der Waals surface area contributed by atoms with E-state index in [1.807, 2.05) is 6.92 Å². The lowest BCUT2D eigenvalue weighted by Crippen LogP contribution is -2.31. The molecule has 0 rings (SSSR count). The SMILES string of the molecule is CCCN(C#N)C(N)=O. The topological polar surface area (TPSA) is 70.1 Å². The third kappa shape index (κ3) is 2.54. The summed E-state index contributed by atoms with van der Waals surface area (Å²) in [4.78, 5) is 11.2. The van der Waals surface area contributed by atoms with E-state index in [2.05, 4.69) is 0 Å². The second-order valence-electron chi connectivity index (χ2n) is 1.59. The van der Waals surface area contributed by atoms with Crippen molar-refractivity contribution in [3.05, 3.63) is 0 Å². The molecule has 0 aliphatic carbocycles. The van der Waals surface area contributed by atoms with Gasteiger partial charge in [0.1, 0.15) is 0 Å². The first kappa shape index (κ1) is 7.76. The Balaban J connectivity index is 3.72. The van der Waals surface area contributed by atoms with Crippen LogP contribution < -0.4 is 5.73 Å². The van der Waals surface area contributed by atoms with Gasteiger partial charge in [-0.15, -0.1) is 0 Å². The molecule has 0 spiro atoms. The van der Waals surface area contributed by atoms with Gasteiger partial charge in [0.05, 0.1) is 0 Å². The van der Waals surface area contributed by atoms with E-state index in [-0.39, 0.29) is 0 Å². The lowest BCUT2D eigenvalue weighted by molar-refractivity contribution is 0.227. The summed E-state index contributed by atoms with van der Waals surface area (Å²) in [5.41, 5.74) is 4.80. The molecule has 2 N–H and O–H groups in total. The molecule has 0 aromatic heterocycles. The molecule has 0 bridgehead atoms. The number of amides is 2. The molecule has 50 valence electrons. The molecule has 0 unspecified atom stereocenters. The number of hydrogen-bond acceptors (Lipinski definition) is 2. The number of nitriles is 1. The third-order valence-corrected chi connectivity index (χ3v) is 0.834. The van der Waals surface area contributed by atoms with Crippen LogP contribution in [0.4, 0.5) is 4.79 Å². The number of nitrogens with zero attached hydrogens (tertiary/aromatic N) is 2. The Kier molecular flexibility index (Phi) is 3.21. The molecule has 0 aromatic carbocycles. The molecule has 2 amide bonds. The second kappa shape index (κ2) is 3.72. The van der Waals surface area contributed by atoms with Crippen molar-refractivity contribution in [1.29, 1.82) is 5.26 Å². The Morgan fingerprint density at radius 3 is 2.56 bits per heavy atom.